The van der Waals surface area contributed by atoms with Gasteiger partial charge in [-0.1, -0.05) is 18.2 Å². The number of anilines is 1. The molecule has 1 atom stereocenters. The first kappa shape index (κ1) is 20.6. The van der Waals surface area contributed by atoms with E-state index in [1.54, 1.807) is 6.26 Å². The predicted octanol–water partition coefficient (Wildman–Crippen LogP) is 2.06. The SMILES string of the molecule is O=C(NC[C@@H](c1ccco1)[NH+]1CCN(c2ccccc2)CC1)c1ccc([N+](=O)[O-])cc1. The summed E-state index contributed by atoms with van der Waals surface area (Å²) in [5, 5.41) is 13.8. The van der Waals surface area contributed by atoms with E-state index in [-0.39, 0.29) is 17.6 Å². The van der Waals surface area contributed by atoms with E-state index in [0.717, 1.165) is 31.9 Å². The highest BCUT2D eigenvalue weighted by Crippen LogP contribution is 2.15. The molecule has 1 aliphatic heterocycles. The summed E-state index contributed by atoms with van der Waals surface area (Å²) in [7, 11) is 0. The molecule has 2 heterocycles. The number of furan rings is 1. The number of nitro benzene ring substituents is 1. The van der Waals surface area contributed by atoms with Crippen LogP contribution in [0.25, 0.3) is 0 Å². The Hall–Kier alpha value is -3.65. The number of carbonyl (C=O) groups is 1. The van der Waals surface area contributed by atoms with Gasteiger partial charge in [0.05, 0.1) is 43.9 Å². The lowest BCUT2D eigenvalue weighted by molar-refractivity contribution is -0.932. The first-order valence-corrected chi connectivity index (χ1v) is 10.3. The molecule has 0 radical (unpaired) electrons. The fourth-order valence-electron chi connectivity index (χ4n) is 4.01. The molecule has 2 N–H and O–H groups in total. The fraction of sp³-hybridized carbons (Fsp3) is 0.261. The van der Waals surface area contributed by atoms with Crippen molar-refractivity contribution in [2.24, 2.45) is 0 Å². The third kappa shape index (κ3) is 4.92. The van der Waals surface area contributed by atoms with Crippen molar-refractivity contribution >= 4 is 17.3 Å². The molecule has 0 bridgehead atoms. The van der Waals surface area contributed by atoms with Crippen molar-refractivity contribution in [3.05, 3.63) is 94.4 Å². The third-order valence-corrected chi connectivity index (χ3v) is 5.71. The van der Waals surface area contributed by atoms with Crippen molar-refractivity contribution in [1.29, 1.82) is 0 Å². The van der Waals surface area contributed by atoms with Crippen LogP contribution in [0.15, 0.2) is 77.4 Å². The van der Waals surface area contributed by atoms with Crippen LogP contribution >= 0.6 is 0 Å². The number of hydrogen-bond acceptors (Lipinski definition) is 5. The molecular weight excluding hydrogens is 396 g/mol. The maximum atomic E-state index is 12.6. The molecule has 0 unspecified atom stereocenters. The zero-order valence-electron chi connectivity index (χ0n) is 17.1. The van der Waals surface area contributed by atoms with Crippen molar-refractivity contribution in [2.45, 2.75) is 6.04 Å². The molecule has 3 aromatic rings. The maximum absolute atomic E-state index is 12.6. The number of amides is 1. The van der Waals surface area contributed by atoms with E-state index in [1.807, 2.05) is 30.3 Å². The van der Waals surface area contributed by atoms with Crippen LogP contribution in [0, 0.1) is 10.1 Å². The van der Waals surface area contributed by atoms with Crippen LogP contribution < -0.4 is 15.1 Å². The molecule has 8 heteroatoms. The second kappa shape index (κ2) is 9.44. The van der Waals surface area contributed by atoms with Gasteiger partial charge in [0.2, 0.25) is 0 Å². The Morgan fingerprint density at radius 2 is 1.77 bits per heavy atom. The number of nitro groups is 1. The molecule has 2 aromatic carbocycles. The van der Waals surface area contributed by atoms with Crippen molar-refractivity contribution in [1.82, 2.24) is 5.32 Å². The van der Waals surface area contributed by atoms with Gasteiger partial charge < -0.3 is 19.5 Å². The number of para-hydroxylation sites is 1. The van der Waals surface area contributed by atoms with Gasteiger partial charge in [-0.3, -0.25) is 14.9 Å². The normalized spacial score (nSPS) is 15.4. The topological polar surface area (TPSA) is 93.1 Å². The van der Waals surface area contributed by atoms with Crippen LogP contribution in [0.1, 0.15) is 22.2 Å². The van der Waals surface area contributed by atoms with Crippen LogP contribution in [0.3, 0.4) is 0 Å². The molecule has 31 heavy (non-hydrogen) atoms. The molecule has 8 nitrogen and oxygen atoms in total. The summed E-state index contributed by atoms with van der Waals surface area (Å²) < 4.78 is 5.68. The van der Waals surface area contributed by atoms with E-state index in [1.165, 1.54) is 34.9 Å². The zero-order valence-corrected chi connectivity index (χ0v) is 17.1. The van der Waals surface area contributed by atoms with Crippen LogP contribution in [0.5, 0.6) is 0 Å². The number of nitrogens with zero attached hydrogens (tertiary/aromatic N) is 2. The lowest BCUT2D eigenvalue weighted by Gasteiger charge is -2.37. The second-order valence-electron chi connectivity index (χ2n) is 7.56. The Bertz CT molecular complexity index is 998. The van der Waals surface area contributed by atoms with E-state index in [2.05, 4.69) is 22.3 Å². The standard InChI is InChI=1S/C23H24N4O4/c28-23(18-8-10-20(11-9-18)27(29)30)24-17-21(22-7-4-16-31-22)26-14-12-25(13-15-26)19-5-2-1-3-6-19/h1-11,16,21H,12-15,17H2,(H,24,28)/p+1/t21-/m0/s1. The van der Waals surface area contributed by atoms with Crippen LogP contribution in [0.2, 0.25) is 0 Å². The summed E-state index contributed by atoms with van der Waals surface area (Å²) in [6.45, 7) is 4.12. The quantitative estimate of drug-likeness (QED) is 0.450. The van der Waals surface area contributed by atoms with Gasteiger partial charge >= 0.3 is 0 Å². The van der Waals surface area contributed by atoms with Crippen molar-refractivity contribution in [2.75, 3.05) is 37.6 Å². The number of quaternary nitrogens is 1. The van der Waals surface area contributed by atoms with Gasteiger partial charge in [-0.2, -0.15) is 0 Å². The molecule has 1 aliphatic rings. The molecule has 1 aromatic heterocycles. The number of carbonyl (C=O) groups excluding carboxylic acids is 1. The Morgan fingerprint density at radius 3 is 2.39 bits per heavy atom. The summed E-state index contributed by atoms with van der Waals surface area (Å²) in [5.74, 6) is 0.584. The average Bonchev–Trinajstić information content (AvgIpc) is 3.35. The molecule has 0 aliphatic carbocycles. The first-order valence-electron chi connectivity index (χ1n) is 10.3. The highest BCUT2D eigenvalue weighted by molar-refractivity contribution is 5.94. The molecule has 0 spiro atoms. The molecule has 1 fully saturated rings. The highest BCUT2D eigenvalue weighted by atomic mass is 16.6. The summed E-state index contributed by atoms with van der Waals surface area (Å²) >= 11 is 0. The molecule has 1 amide bonds. The van der Waals surface area contributed by atoms with E-state index >= 15 is 0 Å². The number of nitrogens with one attached hydrogen (secondary N) is 2. The molecule has 1 saturated heterocycles. The fourth-order valence-corrected chi connectivity index (χ4v) is 4.01. The third-order valence-electron chi connectivity index (χ3n) is 5.71. The number of non-ortho nitro benzene ring substituents is 1. The Kier molecular flexibility index (Phi) is 6.28. The Morgan fingerprint density at radius 1 is 1.06 bits per heavy atom. The summed E-state index contributed by atoms with van der Waals surface area (Å²) in [5.41, 5.74) is 1.58. The Balaban J connectivity index is 1.40. The molecule has 4 rings (SSSR count). The first-order chi connectivity index (χ1) is 15.1. The summed E-state index contributed by atoms with van der Waals surface area (Å²) in [6, 6.07) is 19.8. The summed E-state index contributed by atoms with van der Waals surface area (Å²) in [4.78, 5) is 26.6. The highest BCUT2D eigenvalue weighted by Gasteiger charge is 2.31. The number of rotatable bonds is 7. The molecule has 0 saturated carbocycles. The van der Waals surface area contributed by atoms with E-state index in [4.69, 9.17) is 4.42 Å². The van der Waals surface area contributed by atoms with Gasteiger partial charge in [0, 0.05) is 23.4 Å². The van der Waals surface area contributed by atoms with Crippen molar-refractivity contribution in [3.8, 4) is 0 Å². The largest absolute Gasteiger partial charge is 0.463 e. The van der Waals surface area contributed by atoms with Gasteiger partial charge in [0.1, 0.15) is 0 Å². The molecule has 160 valence electrons. The lowest BCUT2D eigenvalue weighted by atomic mass is 10.1. The Labute approximate surface area is 180 Å². The van der Waals surface area contributed by atoms with E-state index < -0.39 is 4.92 Å². The lowest BCUT2D eigenvalue weighted by Crippen LogP contribution is -3.15. The van der Waals surface area contributed by atoms with Gasteiger partial charge in [-0.15, -0.1) is 0 Å². The zero-order chi connectivity index (χ0) is 21.6. The average molecular weight is 421 g/mol. The maximum Gasteiger partial charge on any atom is 0.269 e. The minimum atomic E-state index is -0.479. The van der Waals surface area contributed by atoms with Gasteiger partial charge in [0.15, 0.2) is 11.8 Å². The number of hydrogen-bond donors (Lipinski definition) is 2. The van der Waals surface area contributed by atoms with Gasteiger partial charge in [-0.05, 0) is 36.4 Å². The van der Waals surface area contributed by atoms with Crippen molar-refractivity contribution < 1.29 is 19.0 Å². The number of piperazine rings is 1. The van der Waals surface area contributed by atoms with Gasteiger partial charge in [-0.25, -0.2) is 0 Å². The van der Waals surface area contributed by atoms with Crippen LogP contribution in [0.4, 0.5) is 11.4 Å². The van der Waals surface area contributed by atoms with Gasteiger partial charge in [0.25, 0.3) is 11.6 Å². The summed E-state index contributed by atoms with van der Waals surface area (Å²) in [6.07, 6.45) is 1.65. The van der Waals surface area contributed by atoms with Crippen LogP contribution in [-0.4, -0.2) is 43.6 Å². The minimum Gasteiger partial charge on any atom is -0.463 e. The molecular formula is C23H25N4O4+. The number of benzene rings is 2. The minimum absolute atomic E-state index is 0.00470. The monoisotopic (exact) mass is 421 g/mol. The van der Waals surface area contributed by atoms with Crippen LogP contribution in [-0.2, 0) is 0 Å². The van der Waals surface area contributed by atoms with E-state index in [9.17, 15) is 14.9 Å². The smallest absolute Gasteiger partial charge is 0.269 e. The van der Waals surface area contributed by atoms with E-state index in [0.29, 0.717) is 12.1 Å². The second-order valence-corrected chi connectivity index (χ2v) is 7.56. The van der Waals surface area contributed by atoms with Crippen molar-refractivity contribution in [3.63, 3.8) is 0 Å². The predicted molar refractivity (Wildman–Crippen MR) is 116 cm³/mol.